The molecule has 0 bridgehead atoms. The number of rotatable bonds is 4. The zero-order chi connectivity index (χ0) is 19.5. The number of hydrogen-bond donors (Lipinski definition) is 0. The summed E-state index contributed by atoms with van der Waals surface area (Å²) in [6, 6.07) is 38.7. The molecule has 0 radical (unpaired) electrons. The minimum Gasteiger partial charge on any atom is -0.311 e. The van der Waals surface area contributed by atoms with Gasteiger partial charge in [-0.3, -0.25) is 0 Å². The van der Waals surface area contributed by atoms with E-state index < -0.39 is 0 Å². The highest BCUT2D eigenvalue weighted by Gasteiger charge is 2.15. The second-order valence-electron chi connectivity index (χ2n) is 7.42. The zero-order valence-electron chi connectivity index (χ0n) is 16.3. The van der Waals surface area contributed by atoms with Crippen LogP contribution in [0.25, 0.3) is 11.6 Å². The second-order valence-corrected chi connectivity index (χ2v) is 7.42. The highest BCUT2D eigenvalue weighted by atomic mass is 15.1. The Hall–Kier alpha value is -3.58. The molecule has 0 spiro atoms. The average molecular weight is 373 g/mol. The van der Waals surface area contributed by atoms with Gasteiger partial charge in [0, 0.05) is 17.1 Å². The summed E-state index contributed by atoms with van der Waals surface area (Å²) in [6.07, 6.45) is 4.61. The molecule has 0 N–H and O–H groups in total. The third kappa shape index (κ3) is 3.60. The van der Waals surface area contributed by atoms with E-state index in [2.05, 4.69) is 120 Å². The van der Waals surface area contributed by atoms with Crippen molar-refractivity contribution in [1.82, 2.24) is 0 Å². The Bertz CT molecular complexity index is 1090. The highest BCUT2D eigenvalue weighted by Crippen LogP contribution is 2.36. The molecule has 0 aliphatic heterocycles. The van der Waals surface area contributed by atoms with Gasteiger partial charge in [0.25, 0.3) is 0 Å². The van der Waals surface area contributed by atoms with Crippen LogP contribution in [0.1, 0.15) is 23.1 Å². The Labute approximate surface area is 172 Å². The van der Waals surface area contributed by atoms with Crippen molar-refractivity contribution in [3.63, 3.8) is 0 Å². The monoisotopic (exact) mass is 373 g/mol. The molecule has 140 valence electrons. The Morgan fingerprint density at radius 2 is 1.07 bits per heavy atom. The second kappa shape index (κ2) is 7.81. The fourth-order valence-electron chi connectivity index (χ4n) is 4.13. The summed E-state index contributed by atoms with van der Waals surface area (Å²) in [5.41, 5.74) is 9.06. The fraction of sp³-hybridized carbons (Fsp3) is 0.0714. The predicted octanol–water partition coefficient (Wildman–Crippen LogP) is 7.64. The van der Waals surface area contributed by atoms with Gasteiger partial charge < -0.3 is 4.90 Å². The maximum atomic E-state index is 2.34. The van der Waals surface area contributed by atoms with Crippen molar-refractivity contribution in [2.75, 3.05) is 4.90 Å². The van der Waals surface area contributed by atoms with E-state index in [1.54, 1.807) is 0 Å². The average Bonchev–Trinajstić information content (AvgIpc) is 3.20. The van der Waals surface area contributed by atoms with Crippen LogP contribution in [0.3, 0.4) is 0 Å². The van der Waals surface area contributed by atoms with Crippen LogP contribution in [0.2, 0.25) is 0 Å². The summed E-state index contributed by atoms with van der Waals surface area (Å²) in [4.78, 5) is 2.29. The summed E-state index contributed by atoms with van der Waals surface area (Å²) in [5.74, 6) is 0. The molecule has 0 fully saturated rings. The number of fused-ring (bicyclic) bond motifs is 1. The lowest BCUT2D eigenvalue weighted by molar-refractivity contribution is 1.08. The molecule has 0 saturated heterocycles. The number of benzene rings is 4. The lowest BCUT2D eigenvalue weighted by atomic mass is 10.0. The number of aryl methyl sites for hydroxylation is 1. The number of hydrogen-bond acceptors (Lipinski definition) is 1. The molecule has 1 aliphatic rings. The van der Waals surface area contributed by atoms with E-state index in [-0.39, 0.29) is 0 Å². The van der Waals surface area contributed by atoms with E-state index in [0.29, 0.717) is 0 Å². The van der Waals surface area contributed by atoms with Gasteiger partial charge in [0.05, 0.1) is 0 Å². The SMILES string of the molecule is C(=C1\CCc2ccccc21)/c1ccc(N(c2ccccc2)c2ccccc2)cc1. The van der Waals surface area contributed by atoms with Crippen LogP contribution in [-0.2, 0) is 6.42 Å². The summed E-state index contributed by atoms with van der Waals surface area (Å²) >= 11 is 0. The van der Waals surface area contributed by atoms with E-state index in [0.717, 1.165) is 29.9 Å². The summed E-state index contributed by atoms with van der Waals surface area (Å²) in [7, 11) is 0. The zero-order valence-corrected chi connectivity index (χ0v) is 16.3. The molecular formula is C28H23N. The third-order valence-electron chi connectivity index (χ3n) is 5.55. The van der Waals surface area contributed by atoms with Crippen LogP contribution in [0, 0.1) is 0 Å². The van der Waals surface area contributed by atoms with Crippen molar-refractivity contribution < 1.29 is 0 Å². The van der Waals surface area contributed by atoms with Crippen LogP contribution in [0.5, 0.6) is 0 Å². The largest absolute Gasteiger partial charge is 0.311 e. The molecule has 1 nitrogen and oxygen atoms in total. The first kappa shape index (κ1) is 17.5. The van der Waals surface area contributed by atoms with Gasteiger partial charge >= 0.3 is 0 Å². The Morgan fingerprint density at radius 3 is 1.72 bits per heavy atom. The topological polar surface area (TPSA) is 3.24 Å². The first-order valence-electron chi connectivity index (χ1n) is 10.2. The van der Waals surface area contributed by atoms with E-state index in [9.17, 15) is 0 Å². The minimum atomic E-state index is 1.13. The quantitative estimate of drug-likeness (QED) is 0.355. The molecular weight excluding hydrogens is 350 g/mol. The van der Waals surface area contributed by atoms with Crippen molar-refractivity contribution in [3.05, 3.63) is 126 Å². The molecule has 4 aromatic carbocycles. The molecule has 29 heavy (non-hydrogen) atoms. The molecule has 0 amide bonds. The number of para-hydroxylation sites is 2. The van der Waals surface area contributed by atoms with Crippen LogP contribution >= 0.6 is 0 Å². The van der Waals surface area contributed by atoms with Gasteiger partial charge in [-0.2, -0.15) is 0 Å². The van der Waals surface area contributed by atoms with Gasteiger partial charge in [-0.05, 0) is 71.5 Å². The van der Waals surface area contributed by atoms with Crippen LogP contribution < -0.4 is 4.90 Å². The minimum absolute atomic E-state index is 1.13. The number of allylic oxidation sites excluding steroid dienone is 1. The third-order valence-corrected chi connectivity index (χ3v) is 5.55. The standard InChI is InChI=1S/C28H23N/c1-3-10-25(11-4-1)29(26-12-5-2-6-13-26)27-19-15-22(16-20-27)21-24-18-17-23-9-7-8-14-28(23)24/h1-16,19-21H,17-18H2/b24-21-. The Kier molecular flexibility index (Phi) is 4.72. The predicted molar refractivity (Wildman–Crippen MR) is 124 cm³/mol. The maximum Gasteiger partial charge on any atom is 0.0462 e. The van der Waals surface area contributed by atoms with Crippen molar-refractivity contribution in [2.24, 2.45) is 0 Å². The maximum absolute atomic E-state index is 2.34. The van der Waals surface area contributed by atoms with E-state index in [1.807, 2.05) is 0 Å². The molecule has 1 heteroatoms. The molecule has 4 aromatic rings. The van der Waals surface area contributed by atoms with Gasteiger partial charge in [0.15, 0.2) is 0 Å². The smallest absolute Gasteiger partial charge is 0.0462 e. The van der Waals surface area contributed by atoms with Gasteiger partial charge in [-0.1, -0.05) is 78.9 Å². The van der Waals surface area contributed by atoms with E-state index in [4.69, 9.17) is 0 Å². The first-order chi connectivity index (χ1) is 14.4. The Balaban J connectivity index is 1.49. The lowest BCUT2D eigenvalue weighted by Gasteiger charge is -2.25. The van der Waals surface area contributed by atoms with Crippen molar-refractivity contribution in [3.8, 4) is 0 Å². The molecule has 0 heterocycles. The summed E-state index contributed by atoms with van der Waals surface area (Å²) < 4.78 is 0. The molecule has 0 aromatic heterocycles. The molecule has 0 unspecified atom stereocenters. The van der Waals surface area contributed by atoms with Crippen LogP contribution in [-0.4, -0.2) is 0 Å². The number of anilines is 3. The van der Waals surface area contributed by atoms with Crippen molar-refractivity contribution in [1.29, 1.82) is 0 Å². The van der Waals surface area contributed by atoms with Gasteiger partial charge in [-0.25, -0.2) is 0 Å². The highest BCUT2D eigenvalue weighted by molar-refractivity contribution is 5.86. The van der Waals surface area contributed by atoms with Gasteiger partial charge in [-0.15, -0.1) is 0 Å². The molecule has 5 rings (SSSR count). The molecule has 1 aliphatic carbocycles. The van der Waals surface area contributed by atoms with Gasteiger partial charge in [0.2, 0.25) is 0 Å². The van der Waals surface area contributed by atoms with Crippen molar-refractivity contribution in [2.45, 2.75) is 12.8 Å². The van der Waals surface area contributed by atoms with E-state index >= 15 is 0 Å². The van der Waals surface area contributed by atoms with Crippen LogP contribution in [0.15, 0.2) is 109 Å². The first-order valence-corrected chi connectivity index (χ1v) is 10.2. The molecule has 0 atom stereocenters. The summed E-state index contributed by atoms with van der Waals surface area (Å²) in [6.45, 7) is 0. The lowest BCUT2D eigenvalue weighted by Crippen LogP contribution is -2.09. The van der Waals surface area contributed by atoms with Crippen molar-refractivity contribution >= 4 is 28.7 Å². The summed E-state index contributed by atoms with van der Waals surface area (Å²) in [5, 5.41) is 0. The molecule has 0 saturated carbocycles. The van der Waals surface area contributed by atoms with Gasteiger partial charge in [0.1, 0.15) is 0 Å². The normalized spacial score (nSPS) is 14.0. The Morgan fingerprint density at radius 1 is 0.517 bits per heavy atom. The number of nitrogens with zero attached hydrogens (tertiary/aromatic N) is 1. The van der Waals surface area contributed by atoms with Crippen LogP contribution in [0.4, 0.5) is 17.1 Å². The fourth-order valence-corrected chi connectivity index (χ4v) is 4.13. The van der Waals surface area contributed by atoms with E-state index in [1.165, 1.54) is 22.3 Å².